The van der Waals surface area contributed by atoms with Crippen molar-refractivity contribution in [1.82, 2.24) is 14.5 Å². The number of rotatable bonds is 5. The number of aromatic amines is 1. The van der Waals surface area contributed by atoms with Gasteiger partial charge in [-0.25, -0.2) is 9.18 Å². The normalized spacial score (nSPS) is 30.3. The lowest BCUT2D eigenvalue weighted by molar-refractivity contribution is -0.167. The van der Waals surface area contributed by atoms with Crippen molar-refractivity contribution in [1.29, 1.82) is 0 Å². The number of nitrogens with two attached hydrogens (primary N) is 2. The van der Waals surface area contributed by atoms with Crippen LogP contribution in [0.2, 0.25) is 0 Å². The molecule has 2 heterocycles. The maximum absolute atomic E-state index is 15.3. The highest BCUT2D eigenvalue weighted by Gasteiger charge is 2.46. The number of nitrogens with one attached hydrogen (secondary N) is 1. The molecule has 2 aliphatic carbocycles. The number of likely N-dealkylation sites (tertiary alicyclic amines) is 1. The molecule has 4 unspecified atom stereocenters. The number of halogens is 3. The quantitative estimate of drug-likeness (QED) is 0.643. The van der Waals surface area contributed by atoms with Crippen LogP contribution in [-0.2, 0) is 4.74 Å². The van der Waals surface area contributed by atoms with E-state index in [-0.39, 0.29) is 36.9 Å². The third-order valence-corrected chi connectivity index (χ3v) is 6.17. The van der Waals surface area contributed by atoms with Gasteiger partial charge in [0.25, 0.3) is 5.56 Å². The summed E-state index contributed by atoms with van der Waals surface area (Å²) in [6.07, 6.45) is 0.725. The maximum Gasteiger partial charge on any atom is 0.345 e. The Bertz CT molecular complexity index is 955. The largest absolute Gasteiger partial charge is 0.396 e. The van der Waals surface area contributed by atoms with Crippen LogP contribution in [0.5, 0.6) is 0 Å². The summed E-state index contributed by atoms with van der Waals surface area (Å²) in [4.78, 5) is 28.7. The molecule has 11 heteroatoms. The van der Waals surface area contributed by atoms with Gasteiger partial charge < -0.3 is 16.2 Å². The predicted molar refractivity (Wildman–Crippen MR) is 99.0 cm³/mol. The van der Waals surface area contributed by atoms with Crippen molar-refractivity contribution in [3.8, 4) is 0 Å². The van der Waals surface area contributed by atoms with Crippen molar-refractivity contribution >= 4 is 5.70 Å². The molecule has 1 saturated carbocycles. The minimum Gasteiger partial charge on any atom is -0.396 e. The molecule has 0 aromatic carbocycles. The lowest BCUT2D eigenvalue weighted by atomic mass is 9.85. The zero-order valence-corrected chi connectivity index (χ0v) is 15.9. The number of alkyl halides is 2. The Hall–Kier alpha value is -2.11. The molecule has 1 aromatic heterocycles. The smallest absolute Gasteiger partial charge is 0.345 e. The third-order valence-electron chi connectivity index (χ3n) is 6.17. The molecule has 5 N–H and O–H groups in total. The Balaban J connectivity index is 1.77. The van der Waals surface area contributed by atoms with Gasteiger partial charge in [-0.05, 0) is 19.4 Å². The molecule has 8 nitrogen and oxygen atoms in total. The van der Waals surface area contributed by atoms with Gasteiger partial charge >= 0.3 is 12.3 Å². The highest BCUT2D eigenvalue weighted by atomic mass is 19.3. The third kappa shape index (κ3) is 3.30. The van der Waals surface area contributed by atoms with E-state index in [2.05, 4.69) is 9.72 Å². The molecule has 1 saturated heterocycles. The first kappa shape index (κ1) is 20.2. The fourth-order valence-electron chi connectivity index (χ4n) is 4.71. The van der Waals surface area contributed by atoms with Gasteiger partial charge in [-0.15, -0.1) is 0 Å². The number of hydrogen-bond donors (Lipinski definition) is 3. The van der Waals surface area contributed by atoms with Gasteiger partial charge in [0.05, 0.1) is 23.4 Å². The van der Waals surface area contributed by atoms with Crippen molar-refractivity contribution < 1.29 is 17.9 Å². The van der Waals surface area contributed by atoms with E-state index in [4.69, 9.17) is 11.5 Å². The molecule has 2 fully saturated rings. The van der Waals surface area contributed by atoms with Crippen LogP contribution in [0.3, 0.4) is 0 Å². The lowest BCUT2D eigenvalue weighted by Crippen LogP contribution is -2.47. The molecular formula is C18H24F3N5O3. The molecule has 1 aromatic rings. The number of ether oxygens (including phenoxy) is 1. The van der Waals surface area contributed by atoms with Crippen LogP contribution in [0.1, 0.15) is 43.0 Å². The first-order valence-corrected chi connectivity index (χ1v) is 9.66. The summed E-state index contributed by atoms with van der Waals surface area (Å²) >= 11 is 0. The van der Waals surface area contributed by atoms with Gasteiger partial charge in [0.15, 0.2) is 0 Å². The molecule has 160 valence electrons. The standard InChI is InChI=1S/C18H24F3N5O3/c1-7-14-11(16(27)24-18(28)26(14)9-2-3-9)13(23)12(19)15(7)25-5-8(4-22)10(6-25)29-17(20)21/h7-10,15,17H,2-6,22-23H2,1H3,(H,24,27,28). The van der Waals surface area contributed by atoms with E-state index in [1.165, 1.54) is 4.57 Å². The van der Waals surface area contributed by atoms with E-state index in [0.717, 1.165) is 12.8 Å². The topological polar surface area (TPSA) is 119 Å². The van der Waals surface area contributed by atoms with Crippen LogP contribution in [0.4, 0.5) is 13.2 Å². The monoisotopic (exact) mass is 415 g/mol. The first-order chi connectivity index (χ1) is 13.7. The Labute approximate surface area is 164 Å². The van der Waals surface area contributed by atoms with Crippen LogP contribution in [-0.4, -0.2) is 52.8 Å². The van der Waals surface area contributed by atoms with E-state index >= 15 is 4.39 Å². The Kier molecular flexibility index (Phi) is 5.07. The van der Waals surface area contributed by atoms with Crippen LogP contribution >= 0.6 is 0 Å². The van der Waals surface area contributed by atoms with E-state index in [9.17, 15) is 18.4 Å². The van der Waals surface area contributed by atoms with Gasteiger partial charge in [0, 0.05) is 36.7 Å². The first-order valence-electron chi connectivity index (χ1n) is 9.66. The summed E-state index contributed by atoms with van der Waals surface area (Å²) in [6, 6.07) is -0.954. The average molecular weight is 415 g/mol. The molecule has 4 atom stereocenters. The van der Waals surface area contributed by atoms with Crippen molar-refractivity contribution in [2.24, 2.45) is 17.4 Å². The lowest BCUT2D eigenvalue weighted by Gasteiger charge is -2.37. The predicted octanol–water partition coefficient (Wildman–Crippen LogP) is 0.452. The zero-order valence-electron chi connectivity index (χ0n) is 15.9. The fraction of sp³-hybridized carbons (Fsp3) is 0.667. The second-order valence-corrected chi connectivity index (χ2v) is 8.00. The van der Waals surface area contributed by atoms with Crippen molar-refractivity contribution in [3.05, 3.63) is 37.9 Å². The summed E-state index contributed by atoms with van der Waals surface area (Å²) in [6.45, 7) is -0.836. The molecule has 0 bridgehead atoms. The van der Waals surface area contributed by atoms with Crippen LogP contribution in [0, 0.1) is 5.92 Å². The molecule has 0 radical (unpaired) electrons. The number of fused-ring (bicyclic) bond motifs is 1. The SMILES string of the molecule is CC1c2c(c(=O)[nH]c(=O)n2C2CC2)C(N)=C(F)C1N1CC(CN)C(OC(F)F)C1. The Morgan fingerprint density at radius 1 is 1.28 bits per heavy atom. The number of aromatic nitrogens is 2. The number of hydrogen-bond acceptors (Lipinski definition) is 6. The van der Waals surface area contributed by atoms with Gasteiger partial charge in [-0.1, -0.05) is 6.92 Å². The van der Waals surface area contributed by atoms with Crippen LogP contribution in [0.15, 0.2) is 15.4 Å². The fourth-order valence-corrected chi connectivity index (χ4v) is 4.71. The van der Waals surface area contributed by atoms with Gasteiger partial charge in [-0.3, -0.25) is 19.2 Å². The van der Waals surface area contributed by atoms with Gasteiger partial charge in [0.1, 0.15) is 5.83 Å². The molecule has 4 rings (SSSR count). The maximum atomic E-state index is 15.3. The van der Waals surface area contributed by atoms with Crippen LogP contribution < -0.4 is 22.7 Å². The molecule has 29 heavy (non-hydrogen) atoms. The average Bonchev–Trinajstić information content (AvgIpc) is 3.40. The number of H-pyrrole nitrogens is 1. The Morgan fingerprint density at radius 2 is 1.97 bits per heavy atom. The summed E-state index contributed by atoms with van der Waals surface area (Å²) in [5, 5.41) is 0. The molecule has 3 aliphatic rings. The summed E-state index contributed by atoms with van der Waals surface area (Å²) in [5.74, 6) is -1.68. The highest BCUT2D eigenvalue weighted by Crippen LogP contribution is 2.43. The van der Waals surface area contributed by atoms with Crippen molar-refractivity contribution in [2.45, 2.75) is 50.5 Å². The summed E-state index contributed by atoms with van der Waals surface area (Å²) in [5.41, 5.74) is 10.5. The van der Waals surface area contributed by atoms with Gasteiger partial charge in [0.2, 0.25) is 0 Å². The van der Waals surface area contributed by atoms with Gasteiger partial charge in [-0.2, -0.15) is 8.78 Å². The highest BCUT2D eigenvalue weighted by molar-refractivity contribution is 5.70. The van der Waals surface area contributed by atoms with E-state index in [0.29, 0.717) is 5.69 Å². The minimum absolute atomic E-state index is 0.0206. The molecular weight excluding hydrogens is 391 g/mol. The minimum atomic E-state index is -2.96. The van der Waals surface area contributed by atoms with Crippen molar-refractivity contribution in [3.63, 3.8) is 0 Å². The summed E-state index contributed by atoms with van der Waals surface area (Å²) in [7, 11) is 0. The molecule has 1 aliphatic heterocycles. The number of nitrogens with zero attached hydrogens (tertiary/aromatic N) is 2. The molecule has 0 amide bonds. The van der Waals surface area contributed by atoms with E-state index in [1.807, 2.05) is 0 Å². The van der Waals surface area contributed by atoms with Crippen molar-refractivity contribution in [2.75, 3.05) is 19.6 Å². The van der Waals surface area contributed by atoms with Crippen LogP contribution in [0.25, 0.3) is 5.70 Å². The zero-order chi connectivity index (χ0) is 21.0. The molecule has 0 spiro atoms. The van der Waals surface area contributed by atoms with E-state index < -0.39 is 47.7 Å². The second-order valence-electron chi connectivity index (χ2n) is 8.00. The van der Waals surface area contributed by atoms with E-state index in [1.54, 1.807) is 11.8 Å². The second kappa shape index (κ2) is 7.29. The summed E-state index contributed by atoms with van der Waals surface area (Å²) < 4.78 is 47.0. The Morgan fingerprint density at radius 3 is 2.55 bits per heavy atom.